The lowest BCUT2D eigenvalue weighted by molar-refractivity contribution is 0.0334. The van der Waals surface area contributed by atoms with Crippen molar-refractivity contribution in [1.29, 1.82) is 0 Å². The van der Waals surface area contributed by atoms with Gasteiger partial charge in [-0.15, -0.1) is 0 Å². The molecule has 0 spiro atoms. The normalized spacial score (nSPS) is 26.6. The predicted octanol–water partition coefficient (Wildman–Crippen LogP) is 1.45. The first-order valence-corrected chi connectivity index (χ1v) is 4.71. The van der Waals surface area contributed by atoms with Crippen molar-refractivity contribution in [3.05, 3.63) is 12.2 Å². The van der Waals surface area contributed by atoms with Crippen molar-refractivity contribution in [3.63, 3.8) is 0 Å². The van der Waals surface area contributed by atoms with Crippen molar-refractivity contribution in [2.24, 2.45) is 0 Å². The van der Waals surface area contributed by atoms with Crippen molar-refractivity contribution < 1.29 is 15.0 Å². The van der Waals surface area contributed by atoms with E-state index in [1.54, 1.807) is 6.08 Å². The van der Waals surface area contributed by atoms with E-state index in [0.717, 1.165) is 0 Å². The SMILES string of the molecule is CC(C)(C)N(C(=O)O)[C@@H]1C=CC[C@H]1O. The monoisotopic (exact) mass is 199 g/mol. The largest absolute Gasteiger partial charge is 0.465 e. The van der Waals surface area contributed by atoms with Gasteiger partial charge in [-0.3, -0.25) is 4.90 Å². The number of hydrogen-bond donors (Lipinski definition) is 2. The molecule has 1 rings (SSSR count). The Morgan fingerprint density at radius 3 is 2.36 bits per heavy atom. The van der Waals surface area contributed by atoms with Crippen molar-refractivity contribution in [2.75, 3.05) is 0 Å². The summed E-state index contributed by atoms with van der Waals surface area (Å²) in [6, 6.07) is -0.410. The molecule has 0 aromatic carbocycles. The first-order chi connectivity index (χ1) is 6.34. The summed E-state index contributed by atoms with van der Waals surface area (Å²) in [4.78, 5) is 12.4. The highest BCUT2D eigenvalue weighted by Crippen LogP contribution is 2.24. The van der Waals surface area contributed by atoms with Crippen molar-refractivity contribution in [2.45, 2.75) is 44.9 Å². The van der Waals surface area contributed by atoms with E-state index in [9.17, 15) is 9.90 Å². The van der Waals surface area contributed by atoms with Crippen LogP contribution in [0.15, 0.2) is 12.2 Å². The summed E-state index contributed by atoms with van der Waals surface area (Å²) in [6.07, 6.45) is 2.50. The second-order valence-electron chi connectivity index (χ2n) is 4.55. The molecule has 0 aromatic heterocycles. The highest BCUT2D eigenvalue weighted by Gasteiger charge is 2.37. The number of hydrogen-bond acceptors (Lipinski definition) is 2. The molecule has 0 saturated heterocycles. The number of carbonyl (C=O) groups is 1. The number of carboxylic acid groups (broad SMARTS) is 1. The van der Waals surface area contributed by atoms with Gasteiger partial charge in [0, 0.05) is 5.54 Å². The Morgan fingerprint density at radius 1 is 1.50 bits per heavy atom. The fraction of sp³-hybridized carbons (Fsp3) is 0.700. The van der Waals surface area contributed by atoms with Crippen LogP contribution in [0.5, 0.6) is 0 Å². The molecule has 0 aliphatic heterocycles. The van der Waals surface area contributed by atoms with Crippen LogP contribution in [-0.4, -0.2) is 38.9 Å². The summed E-state index contributed by atoms with van der Waals surface area (Å²) in [6.45, 7) is 5.46. The van der Waals surface area contributed by atoms with Crippen LogP contribution >= 0.6 is 0 Å². The van der Waals surface area contributed by atoms with E-state index >= 15 is 0 Å². The van der Waals surface area contributed by atoms with Crippen LogP contribution in [0.1, 0.15) is 27.2 Å². The van der Waals surface area contributed by atoms with Crippen molar-refractivity contribution >= 4 is 6.09 Å². The van der Waals surface area contributed by atoms with E-state index < -0.39 is 23.8 Å². The Hall–Kier alpha value is -1.03. The van der Waals surface area contributed by atoms with Gasteiger partial charge < -0.3 is 10.2 Å². The molecular formula is C10H17NO3. The van der Waals surface area contributed by atoms with Gasteiger partial charge in [-0.2, -0.15) is 0 Å². The summed E-state index contributed by atoms with van der Waals surface area (Å²) >= 11 is 0. The van der Waals surface area contributed by atoms with Crippen LogP contribution in [0.3, 0.4) is 0 Å². The number of aliphatic hydroxyl groups excluding tert-OH is 1. The van der Waals surface area contributed by atoms with Crippen LogP contribution in [0.25, 0.3) is 0 Å². The summed E-state index contributed by atoms with van der Waals surface area (Å²) in [5, 5.41) is 18.7. The number of nitrogens with zero attached hydrogens (tertiary/aromatic N) is 1. The van der Waals surface area contributed by atoms with Gasteiger partial charge >= 0.3 is 6.09 Å². The molecule has 0 bridgehead atoms. The molecule has 2 N–H and O–H groups in total. The van der Waals surface area contributed by atoms with Gasteiger partial charge in [0.25, 0.3) is 0 Å². The van der Waals surface area contributed by atoms with Gasteiger partial charge in [0.2, 0.25) is 0 Å². The average molecular weight is 199 g/mol. The van der Waals surface area contributed by atoms with Crippen LogP contribution in [0.2, 0.25) is 0 Å². The first kappa shape index (κ1) is 11.0. The molecule has 0 fully saturated rings. The van der Waals surface area contributed by atoms with E-state index in [4.69, 9.17) is 5.11 Å². The second kappa shape index (κ2) is 3.61. The summed E-state index contributed by atoms with van der Waals surface area (Å²) < 4.78 is 0. The van der Waals surface area contributed by atoms with Gasteiger partial charge in [-0.05, 0) is 27.2 Å². The molecule has 1 amide bonds. The fourth-order valence-corrected chi connectivity index (χ4v) is 1.74. The number of rotatable bonds is 1. The van der Waals surface area contributed by atoms with Crippen LogP contribution in [0, 0.1) is 0 Å². The maximum Gasteiger partial charge on any atom is 0.408 e. The van der Waals surface area contributed by atoms with Gasteiger partial charge in [-0.1, -0.05) is 12.2 Å². The van der Waals surface area contributed by atoms with E-state index in [1.807, 2.05) is 26.8 Å². The zero-order valence-electron chi connectivity index (χ0n) is 8.77. The minimum atomic E-state index is -0.992. The third-order valence-electron chi connectivity index (χ3n) is 2.33. The minimum absolute atomic E-state index is 0.410. The smallest absolute Gasteiger partial charge is 0.408 e. The molecule has 1 aliphatic rings. The third kappa shape index (κ3) is 2.07. The zero-order chi connectivity index (χ0) is 10.9. The van der Waals surface area contributed by atoms with Gasteiger partial charge in [0.15, 0.2) is 0 Å². The molecular weight excluding hydrogens is 182 g/mol. The maximum absolute atomic E-state index is 11.1. The minimum Gasteiger partial charge on any atom is -0.465 e. The Bertz CT molecular complexity index is 255. The molecule has 0 radical (unpaired) electrons. The van der Waals surface area contributed by atoms with E-state index in [2.05, 4.69) is 0 Å². The summed E-state index contributed by atoms with van der Waals surface area (Å²) in [5.74, 6) is 0. The van der Waals surface area contributed by atoms with Crippen LogP contribution in [-0.2, 0) is 0 Å². The molecule has 0 saturated carbocycles. The van der Waals surface area contributed by atoms with Crippen molar-refractivity contribution in [1.82, 2.24) is 4.90 Å². The first-order valence-electron chi connectivity index (χ1n) is 4.71. The number of amides is 1. The lowest BCUT2D eigenvalue weighted by Gasteiger charge is -2.38. The van der Waals surface area contributed by atoms with Crippen molar-refractivity contribution in [3.8, 4) is 0 Å². The summed E-state index contributed by atoms with van der Waals surface area (Å²) in [7, 11) is 0. The quantitative estimate of drug-likeness (QED) is 0.628. The highest BCUT2D eigenvalue weighted by molar-refractivity contribution is 5.67. The predicted molar refractivity (Wildman–Crippen MR) is 53.2 cm³/mol. The van der Waals surface area contributed by atoms with E-state index in [0.29, 0.717) is 6.42 Å². The zero-order valence-corrected chi connectivity index (χ0v) is 8.77. The average Bonchev–Trinajstić information content (AvgIpc) is 2.32. The molecule has 4 heteroatoms. The molecule has 4 nitrogen and oxygen atoms in total. The molecule has 0 heterocycles. The van der Waals surface area contributed by atoms with E-state index in [-0.39, 0.29) is 0 Å². The standard InChI is InChI=1S/C10H17NO3/c1-10(2,3)11(9(13)14)7-5-4-6-8(7)12/h4-5,7-8,12H,6H2,1-3H3,(H,13,14)/t7-,8-/m1/s1. The van der Waals surface area contributed by atoms with Crippen LogP contribution < -0.4 is 0 Å². The van der Waals surface area contributed by atoms with Gasteiger partial charge in [-0.25, -0.2) is 4.79 Å². The fourth-order valence-electron chi connectivity index (χ4n) is 1.74. The lowest BCUT2D eigenvalue weighted by Crippen LogP contribution is -2.53. The summed E-state index contributed by atoms with van der Waals surface area (Å²) in [5.41, 5.74) is -0.494. The molecule has 1 aliphatic carbocycles. The molecule has 80 valence electrons. The topological polar surface area (TPSA) is 60.8 Å². The van der Waals surface area contributed by atoms with Crippen LogP contribution in [0.4, 0.5) is 4.79 Å². The maximum atomic E-state index is 11.1. The lowest BCUT2D eigenvalue weighted by atomic mass is 10.0. The third-order valence-corrected chi connectivity index (χ3v) is 2.33. The second-order valence-corrected chi connectivity index (χ2v) is 4.55. The van der Waals surface area contributed by atoms with E-state index in [1.165, 1.54) is 4.90 Å². The molecule has 2 atom stereocenters. The Morgan fingerprint density at radius 2 is 2.07 bits per heavy atom. The molecule has 14 heavy (non-hydrogen) atoms. The number of aliphatic hydroxyl groups is 1. The highest BCUT2D eigenvalue weighted by atomic mass is 16.4. The molecule has 0 aromatic rings. The van der Waals surface area contributed by atoms with Gasteiger partial charge in [0.1, 0.15) is 0 Å². The van der Waals surface area contributed by atoms with Gasteiger partial charge in [0.05, 0.1) is 12.1 Å². The molecule has 0 unspecified atom stereocenters. The Labute approximate surface area is 83.8 Å². The Kier molecular flexibility index (Phi) is 2.85. The Balaban J connectivity index is 2.89.